The first kappa shape index (κ1) is 13.2. The molecule has 0 bridgehead atoms. The Bertz CT molecular complexity index is 336. The van der Waals surface area contributed by atoms with Crippen molar-refractivity contribution >= 4 is 22.6 Å². The lowest BCUT2D eigenvalue weighted by Crippen LogP contribution is -2.46. The molecule has 5 heteroatoms. The molecule has 1 aromatic rings. The van der Waals surface area contributed by atoms with E-state index in [4.69, 9.17) is 5.11 Å². The minimum atomic E-state index is 0.265. The summed E-state index contributed by atoms with van der Waals surface area (Å²) in [5.41, 5.74) is 1.28. The molecule has 17 heavy (non-hydrogen) atoms. The molecule has 0 spiro atoms. The SMILES string of the molecule is OCCN1CCN(Cc2ccc(I)nc2)CC1. The summed E-state index contributed by atoms with van der Waals surface area (Å²) in [5, 5.41) is 8.88. The molecular weight excluding hydrogens is 329 g/mol. The number of nitrogens with zero attached hydrogens (tertiary/aromatic N) is 3. The molecule has 94 valence electrons. The Labute approximate surface area is 116 Å². The summed E-state index contributed by atoms with van der Waals surface area (Å²) in [4.78, 5) is 9.06. The standard InChI is InChI=1S/C12H18IN3O/c13-12-2-1-11(9-14-12)10-16-5-3-15(4-6-16)7-8-17/h1-2,9,17H,3-8,10H2. The van der Waals surface area contributed by atoms with Crippen molar-refractivity contribution in [1.29, 1.82) is 0 Å². The van der Waals surface area contributed by atoms with E-state index < -0.39 is 0 Å². The fourth-order valence-electron chi connectivity index (χ4n) is 2.07. The van der Waals surface area contributed by atoms with Gasteiger partial charge in [0.25, 0.3) is 0 Å². The Kier molecular flexibility index (Phi) is 5.15. The second-order valence-electron chi connectivity index (χ2n) is 4.33. The van der Waals surface area contributed by atoms with Gasteiger partial charge < -0.3 is 5.11 Å². The second kappa shape index (κ2) is 6.63. The Morgan fingerprint density at radius 2 is 1.88 bits per heavy atom. The van der Waals surface area contributed by atoms with Gasteiger partial charge in [-0.3, -0.25) is 14.8 Å². The highest BCUT2D eigenvalue weighted by atomic mass is 127. The van der Waals surface area contributed by atoms with E-state index in [-0.39, 0.29) is 6.61 Å². The van der Waals surface area contributed by atoms with E-state index in [9.17, 15) is 0 Å². The lowest BCUT2D eigenvalue weighted by atomic mass is 10.2. The minimum Gasteiger partial charge on any atom is -0.395 e. The number of hydrogen-bond acceptors (Lipinski definition) is 4. The number of β-amino-alcohol motifs (C(OH)–C–C–N with tert-alkyl or cyclic N) is 1. The van der Waals surface area contributed by atoms with E-state index in [1.54, 1.807) is 0 Å². The van der Waals surface area contributed by atoms with Crippen molar-refractivity contribution in [2.75, 3.05) is 39.3 Å². The molecule has 0 aromatic carbocycles. The van der Waals surface area contributed by atoms with Gasteiger partial charge in [0.2, 0.25) is 0 Å². The number of halogens is 1. The van der Waals surface area contributed by atoms with Crippen LogP contribution in [0.4, 0.5) is 0 Å². The van der Waals surface area contributed by atoms with Crippen LogP contribution < -0.4 is 0 Å². The van der Waals surface area contributed by atoms with Crippen LogP contribution >= 0.6 is 22.6 Å². The third-order valence-corrected chi connectivity index (χ3v) is 3.71. The summed E-state index contributed by atoms with van der Waals surface area (Å²) in [6.45, 7) is 6.31. The van der Waals surface area contributed by atoms with Gasteiger partial charge in [0.1, 0.15) is 3.70 Å². The van der Waals surface area contributed by atoms with E-state index in [1.807, 2.05) is 6.20 Å². The van der Waals surface area contributed by atoms with Crippen LogP contribution in [0.5, 0.6) is 0 Å². The molecule has 0 unspecified atom stereocenters. The normalized spacial score (nSPS) is 18.5. The van der Waals surface area contributed by atoms with E-state index in [0.717, 1.165) is 43.0 Å². The van der Waals surface area contributed by atoms with Crippen molar-refractivity contribution in [1.82, 2.24) is 14.8 Å². The molecule has 1 saturated heterocycles. The molecule has 0 aliphatic carbocycles. The predicted molar refractivity (Wildman–Crippen MR) is 75.8 cm³/mol. The van der Waals surface area contributed by atoms with Gasteiger partial charge in [0.05, 0.1) is 6.61 Å². The van der Waals surface area contributed by atoms with Crippen LogP contribution in [-0.4, -0.2) is 59.2 Å². The monoisotopic (exact) mass is 347 g/mol. The second-order valence-corrected chi connectivity index (χ2v) is 5.44. The van der Waals surface area contributed by atoms with Crippen molar-refractivity contribution < 1.29 is 5.11 Å². The van der Waals surface area contributed by atoms with Crippen molar-refractivity contribution in [3.8, 4) is 0 Å². The van der Waals surface area contributed by atoms with Crippen LogP contribution in [0.25, 0.3) is 0 Å². The molecule has 1 aliphatic rings. The molecular formula is C12H18IN3O. The third kappa shape index (κ3) is 4.17. The number of aliphatic hydroxyl groups is 1. The van der Waals surface area contributed by atoms with Crippen molar-refractivity contribution in [3.05, 3.63) is 27.6 Å². The summed E-state index contributed by atoms with van der Waals surface area (Å²) in [5.74, 6) is 0. The van der Waals surface area contributed by atoms with Crippen LogP contribution in [0.2, 0.25) is 0 Å². The van der Waals surface area contributed by atoms with E-state index in [1.165, 1.54) is 5.56 Å². The summed E-state index contributed by atoms with van der Waals surface area (Å²) in [6.07, 6.45) is 1.96. The summed E-state index contributed by atoms with van der Waals surface area (Å²) < 4.78 is 1.04. The molecule has 4 nitrogen and oxygen atoms in total. The van der Waals surface area contributed by atoms with E-state index in [0.29, 0.717) is 0 Å². The number of piperazine rings is 1. The molecule has 2 heterocycles. The average molecular weight is 347 g/mol. The largest absolute Gasteiger partial charge is 0.395 e. The van der Waals surface area contributed by atoms with Gasteiger partial charge in [-0.2, -0.15) is 0 Å². The van der Waals surface area contributed by atoms with E-state index in [2.05, 4.69) is 49.5 Å². The van der Waals surface area contributed by atoms with Gasteiger partial charge in [0.15, 0.2) is 0 Å². The number of aromatic nitrogens is 1. The van der Waals surface area contributed by atoms with Crippen LogP contribution in [0.15, 0.2) is 18.3 Å². The highest BCUT2D eigenvalue weighted by Gasteiger charge is 2.16. The Balaban J connectivity index is 1.79. The van der Waals surface area contributed by atoms with Crippen molar-refractivity contribution in [3.63, 3.8) is 0 Å². The highest BCUT2D eigenvalue weighted by molar-refractivity contribution is 14.1. The van der Waals surface area contributed by atoms with Crippen LogP contribution in [0.3, 0.4) is 0 Å². The first-order chi connectivity index (χ1) is 8.28. The smallest absolute Gasteiger partial charge is 0.101 e. The molecule has 2 rings (SSSR count). The van der Waals surface area contributed by atoms with Gasteiger partial charge in [0, 0.05) is 45.5 Å². The van der Waals surface area contributed by atoms with Gasteiger partial charge in [-0.05, 0) is 34.2 Å². The average Bonchev–Trinajstić information content (AvgIpc) is 2.35. The predicted octanol–water partition coefficient (Wildman–Crippen LogP) is 0.796. The first-order valence-electron chi connectivity index (χ1n) is 5.94. The third-order valence-electron chi connectivity index (χ3n) is 3.08. The lowest BCUT2D eigenvalue weighted by Gasteiger charge is -2.34. The Morgan fingerprint density at radius 3 is 2.47 bits per heavy atom. The molecule has 0 saturated carbocycles. The maximum atomic E-state index is 8.88. The minimum absolute atomic E-state index is 0.265. The zero-order valence-corrected chi connectivity index (χ0v) is 12.0. The molecule has 0 atom stereocenters. The first-order valence-corrected chi connectivity index (χ1v) is 7.02. The van der Waals surface area contributed by atoms with Crippen molar-refractivity contribution in [2.24, 2.45) is 0 Å². The fraction of sp³-hybridized carbons (Fsp3) is 0.583. The van der Waals surface area contributed by atoms with Crippen LogP contribution in [0.1, 0.15) is 5.56 Å². The topological polar surface area (TPSA) is 39.6 Å². The number of aliphatic hydroxyl groups excluding tert-OH is 1. The van der Waals surface area contributed by atoms with Gasteiger partial charge in [-0.15, -0.1) is 0 Å². The van der Waals surface area contributed by atoms with Crippen molar-refractivity contribution in [2.45, 2.75) is 6.54 Å². The number of rotatable bonds is 4. The molecule has 0 amide bonds. The summed E-state index contributed by atoms with van der Waals surface area (Å²) >= 11 is 2.22. The zero-order chi connectivity index (χ0) is 12.1. The Hall–Kier alpha value is -0.240. The fourth-order valence-corrected chi connectivity index (χ4v) is 2.39. The summed E-state index contributed by atoms with van der Waals surface area (Å²) in [7, 11) is 0. The zero-order valence-electron chi connectivity index (χ0n) is 9.85. The maximum Gasteiger partial charge on any atom is 0.101 e. The Morgan fingerprint density at radius 1 is 1.18 bits per heavy atom. The lowest BCUT2D eigenvalue weighted by molar-refractivity contribution is 0.108. The molecule has 0 radical (unpaired) electrons. The molecule has 1 aromatic heterocycles. The highest BCUT2D eigenvalue weighted by Crippen LogP contribution is 2.09. The van der Waals surface area contributed by atoms with Crippen LogP contribution in [0, 0.1) is 3.70 Å². The van der Waals surface area contributed by atoms with E-state index >= 15 is 0 Å². The maximum absolute atomic E-state index is 8.88. The van der Waals surface area contributed by atoms with Crippen LogP contribution in [-0.2, 0) is 6.54 Å². The molecule has 1 N–H and O–H groups in total. The van der Waals surface area contributed by atoms with Gasteiger partial charge >= 0.3 is 0 Å². The van der Waals surface area contributed by atoms with Gasteiger partial charge in [-0.1, -0.05) is 6.07 Å². The summed E-state index contributed by atoms with van der Waals surface area (Å²) in [6, 6.07) is 4.20. The number of pyridine rings is 1. The molecule has 1 aliphatic heterocycles. The quantitative estimate of drug-likeness (QED) is 0.646. The molecule has 1 fully saturated rings. The van der Waals surface area contributed by atoms with Gasteiger partial charge in [-0.25, -0.2) is 0 Å². The number of hydrogen-bond donors (Lipinski definition) is 1.